The van der Waals surface area contributed by atoms with Crippen LogP contribution in [-0.2, 0) is 16.1 Å². The first kappa shape index (κ1) is 25.9. The smallest absolute Gasteiger partial charge is 0.246 e. The normalized spacial score (nSPS) is 16.7. The van der Waals surface area contributed by atoms with Gasteiger partial charge in [0.15, 0.2) is 11.4 Å². The lowest BCUT2D eigenvalue weighted by molar-refractivity contribution is -0.118. The van der Waals surface area contributed by atoms with Crippen molar-refractivity contribution >= 4 is 35.6 Å². The van der Waals surface area contributed by atoms with Gasteiger partial charge in [0.2, 0.25) is 12.3 Å². The van der Waals surface area contributed by atoms with Crippen LogP contribution in [-0.4, -0.2) is 27.1 Å². The van der Waals surface area contributed by atoms with Crippen molar-refractivity contribution in [3.05, 3.63) is 77.6 Å². The number of rotatable bonds is 6. The van der Waals surface area contributed by atoms with E-state index in [2.05, 4.69) is 10.3 Å². The Hall–Kier alpha value is -4.15. The number of carbonyl (C=O) groups excluding carboxylic acids is 2. The number of benzene rings is 2. The third-order valence-corrected chi connectivity index (χ3v) is 7.67. The molecule has 188 valence electrons. The molecule has 1 unspecified atom stereocenters. The highest BCUT2D eigenvalue weighted by molar-refractivity contribution is 8.02. The van der Waals surface area contributed by atoms with E-state index in [0.29, 0.717) is 23.9 Å². The van der Waals surface area contributed by atoms with Crippen molar-refractivity contribution in [2.75, 3.05) is 9.62 Å². The minimum atomic E-state index is -0.370. The maximum Gasteiger partial charge on any atom is 0.246 e. The van der Waals surface area contributed by atoms with E-state index in [1.54, 1.807) is 22.6 Å². The fraction of sp³-hybridized carbons (Fsp3) is 0.296. The Labute approximate surface area is 218 Å². The summed E-state index contributed by atoms with van der Waals surface area (Å²) in [7, 11) is 0. The third kappa shape index (κ3) is 5.99. The average molecular weight is 517 g/mol. The van der Waals surface area contributed by atoms with Gasteiger partial charge in [-0.2, -0.15) is 10.5 Å². The first-order chi connectivity index (χ1) is 18.0. The second kappa shape index (κ2) is 12.2. The molecule has 8 nitrogen and oxygen atoms in total. The number of carbonyl (C=O) groups is 2. The number of nitriles is 2. The summed E-state index contributed by atoms with van der Waals surface area (Å²) in [6.45, 7) is 0.315. The molecular weight excluding hydrogens is 491 g/mol. The van der Waals surface area contributed by atoms with E-state index in [1.165, 1.54) is 43.8 Å². The van der Waals surface area contributed by atoms with Crippen molar-refractivity contribution < 1.29 is 14.0 Å². The number of aromatic nitrogens is 2. The Balaban J connectivity index is 0.000000270. The van der Waals surface area contributed by atoms with Crippen molar-refractivity contribution in [1.82, 2.24) is 9.55 Å². The maximum absolute atomic E-state index is 13.2. The van der Waals surface area contributed by atoms with Crippen LogP contribution in [0.4, 0.5) is 15.8 Å². The van der Waals surface area contributed by atoms with Crippen LogP contribution in [0.25, 0.3) is 0 Å². The van der Waals surface area contributed by atoms with Gasteiger partial charge in [0.1, 0.15) is 18.0 Å². The third-order valence-electron chi connectivity index (χ3n) is 6.31. The summed E-state index contributed by atoms with van der Waals surface area (Å²) in [6, 6.07) is 17.5. The van der Waals surface area contributed by atoms with Crippen LogP contribution < -0.4 is 9.62 Å². The molecule has 3 aromatic rings. The maximum atomic E-state index is 13.2. The van der Waals surface area contributed by atoms with Gasteiger partial charge in [0.05, 0.1) is 17.9 Å². The molecular formula is C27H25FN6O2S. The molecule has 37 heavy (non-hydrogen) atoms. The van der Waals surface area contributed by atoms with Crippen molar-refractivity contribution in [1.29, 1.82) is 10.5 Å². The zero-order valence-electron chi connectivity index (χ0n) is 20.0. The minimum absolute atomic E-state index is 0.0443. The molecule has 2 heterocycles. The molecule has 2 aromatic carbocycles. The van der Waals surface area contributed by atoms with E-state index in [9.17, 15) is 19.2 Å². The van der Waals surface area contributed by atoms with Crippen LogP contribution in [0.2, 0.25) is 0 Å². The molecule has 1 aliphatic heterocycles. The number of nitrogens with zero attached hydrogens (tertiary/aromatic N) is 5. The van der Waals surface area contributed by atoms with Crippen molar-refractivity contribution in [3.8, 4) is 12.1 Å². The van der Waals surface area contributed by atoms with Crippen molar-refractivity contribution in [2.24, 2.45) is 0 Å². The van der Waals surface area contributed by atoms with Crippen LogP contribution in [0.15, 0.2) is 54.9 Å². The summed E-state index contributed by atoms with van der Waals surface area (Å²) in [5, 5.41) is 21.3. The van der Waals surface area contributed by atoms with Crippen LogP contribution in [0.1, 0.15) is 55.0 Å². The largest absolute Gasteiger partial charge is 0.329 e. The van der Waals surface area contributed by atoms with Gasteiger partial charge in [0.25, 0.3) is 0 Å². The lowest BCUT2D eigenvalue weighted by Crippen LogP contribution is -2.27. The fourth-order valence-corrected chi connectivity index (χ4v) is 5.88. The summed E-state index contributed by atoms with van der Waals surface area (Å²) < 4.78 is 15.8. The van der Waals surface area contributed by atoms with Crippen LogP contribution >= 0.6 is 11.9 Å². The highest BCUT2D eigenvalue weighted by atomic mass is 32.2. The Bertz CT molecular complexity index is 1360. The number of imidazole rings is 1. The van der Waals surface area contributed by atoms with Gasteiger partial charge in [-0.05, 0) is 54.6 Å². The van der Waals surface area contributed by atoms with E-state index in [0.717, 1.165) is 24.1 Å². The van der Waals surface area contributed by atoms with Gasteiger partial charge in [-0.1, -0.05) is 43.5 Å². The van der Waals surface area contributed by atoms with E-state index in [-0.39, 0.29) is 29.0 Å². The van der Waals surface area contributed by atoms with Crippen molar-refractivity contribution in [2.45, 2.75) is 49.8 Å². The first-order valence-corrected chi connectivity index (χ1v) is 12.8. The summed E-state index contributed by atoms with van der Waals surface area (Å²) >= 11 is 1.65. The zero-order valence-corrected chi connectivity index (χ0v) is 20.8. The second-order valence-corrected chi connectivity index (χ2v) is 9.94. The molecule has 5 rings (SSSR count). The molecule has 1 saturated carbocycles. The Morgan fingerprint density at radius 2 is 1.89 bits per heavy atom. The Morgan fingerprint density at radius 1 is 1.11 bits per heavy atom. The number of hydrogen-bond donors (Lipinski definition) is 1. The van der Waals surface area contributed by atoms with Gasteiger partial charge < -0.3 is 9.88 Å². The second-order valence-electron chi connectivity index (χ2n) is 8.70. The molecule has 1 aromatic heterocycles. The number of hydrogen-bond acceptors (Lipinski definition) is 6. The SMILES string of the molecule is N#Cc1ncn(CC2C(=O)N(SC3CCCCC3)c3ccccc32)c1C#N.O=CNc1cccc(F)c1. The molecule has 1 aliphatic carbocycles. The quantitative estimate of drug-likeness (QED) is 0.359. The lowest BCUT2D eigenvalue weighted by Gasteiger charge is -2.26. The van der Waals surface area contributed by atoms with E-state index in [4.69, 9.17) is 5.26 Å². The fourth-order valence-electron chi connectivity index (χ4n) is 4.53. The molecule has 2 amide bonds. The van der Waals surface area contributed by atoms with Gasteiger partial charge in [-0.25, -0.2) is 9.37 Å². The number of fused-ring (bicyclic) bond motifs is 1. The summed E-state index contributed by atoms with van der Waals surface area (Å²) in [4.78, 5) is 27.1. The van der Waals surface area contributed by atoms with Crippen LogP contribution in [0.3, 0.4) is 0 Å². The van der Waals surface area contributed by atoms with E-state index >= 15 is 0 Å². The standard InChI is InChI=1S/C20H19N5OS.C7H6FNO/c21-10-17-19(11-22)24(13-23-17)12-16-15-8-4-5-9-18(15)25(20(16)26)27-14-6-2-1-3-7-14;8-6-2-1-3-7(4-6)9-5-10/h4-5,8-9,13-14,16H,1-3,6-7,12H2;1-5H,(H,9,10). The summed E-state index contributed by atoms with van der Waals surface area (Å²) in [5.74, 6) is -0.681. The van der Waals surface area contributed by atoms with E-state index in [1.807, 2.05) is 40.7 Å². The highest BCUT2D eigenvalue weighted by Gasteiger charge is 2.39. The number of amides is 2. The average Bonchev–Trinajstić information content (AvgIpc) is 3.44. The predicted octanol–water partition coefficient (Wildman–Crippen LogP) is 5.13. The molecule has 1 fully saturated rings. The minimum Gasteiger partial charge on any atom is -0.329 e. The van der Waals surface area contributed by atoms with Gasteiger partial charge >= 0.3 is 0 Å². The molecule has 0 spiro atoms. The molecule has 1 atom stereocenters. The molecule has 0 saturated heterocycles. The first-order valence-electron chi connectivity index (χ1n) is 12.0. The topological polar surface area (TPSA) is 115 Å². The van der Waals surface area contributed by atoms with Gasteiger partial charge in [-0.15, -0.1) is 0 Å². The Kier molecular flexibility index (Phi) is 8.55. The molecule has 1 N–H and O–H groups in total. The molecule has 10 heteroatoms. The highest BCUT2D eigenvalue weighted by Crippen LogP contribution is 2.44. The molecule has 0 bridgehead atoms. The number of anilines is 2. The summed E-state index contributed by atoms with van der Waals surface area (Å²) in [5.41, 5.74) is 2.70. The van der Waals surface area contributed by atoms with Gasteiger partial charge in [0, 0.05) is 17.5 Å². The predicted molar refractivity (Wildman–Crippen MR) is 139 cm³/mol. The number of nitrogens with one attached hydrogen (secondary N) is 1. The molecule has 2 aliphatic rings. The van der Waals surface area contributed by atoms with Crippen LogP contribution in [0.5, 0.6) is 0 Å². The van der Waals surface area contributed by atoms with Crippen LogP contribution in [0, 0.1) is 28.5 Å². The number of halogens is 1. The monoisotopic (exact) mass is 516 g/mol. The van der Waals surface area contributed by atoms with Gasteiger partial charge in [-0.3, -0.25) is 13.9 Å². The Morgan fingerprint density at radius 3 is 2.59 bits per heavy atom. The zero-order chi connectivity index (χ0) is 26.2. The summed E-state index contributed by atoms with van der Waals surface area (Å²) in [6.07, 6.45) is 8.01. The van der Waals surface area contributed by atoms with E-state index < -0.39 is 0 Å². The van der Waals surface area contributed by atoms with Crippen molar-refractivity contribution in [3.63, 3.8) is 0 Å². The lowest BCUT2D eigenvalue weighted by atomic mass is 10.0. The number of para-hydroxylation sites is 1. The molecule has 0 radical (unpaired) electrons.